The van der Waals surface area contributed by atoms with Crippen molar-refractivity contribution in [1.29, 1.82) is 5.26 Å². The number of carbonyl (C=O) groups excluding carboxylic acids is 1. The molecular formula is C19H18ClN3OS. The van der Waals surface area contributed by atoms with Gasteiger partial charge in [0, 0.05) is 43.7 Å². The number of piperazine rings is 1. The van der Waals surface area contributed by atoms with Crippen LogP contribution < -0.4 is 0 Å². The fourth-order valence-electron chi connectivity index (χ4n) is 2.73. The average molecular weight is 372 g/mol. The molecule has 0 bridgehead atoms. The summed E-state index contributed by atoms with van der Waals surface area (Å²) in [6.45, 7) is 4.09. The van der Waals surface area contributed by atoms with Gasteiger partial charge in [-0.3, -0.25) is 9.69 Å². The maximum atomic E-state index is 12.3. The SMILES string of the molecule is N#Cc1ccc(/C=C/C(=O)N2CCN(Cc3ccc(Cl)s3)CC2)cc1. The molecule has 0 N–H and O–H groups in total. The van der Waals surface area contributed by atoms with Gasteiger partial charge in [-0.05, 0) is 35.9 Å². The number of rotatable bonds is 4. The monoisotopic (exact) mass is 371 g/mol. The normalized spacial score (nSPS) is 15.4. The molecule has 4 nitrogen and oxygen atoms in total. The molecule has 0 unspecified atom stereocenters. The van der Waals surface area contributed by atoms with Gasteiger partial charge in [-0.25, -0.2) is 0 Å². The van der Waals surface area contributed by atoms with Crippen LogP contribution >= 0.6 is 22.9 Å². The molecule has 0 aliphatic carbocycles. The molecule has 6 heteroatoms. The van der Waals surface area contributed by atoms with E-state index in [0.29, 0.717) is 5.56 Å². The maximum absolute atomic E-state index is 12.3. The van der Waals surface area contributed by atoms with E-state index in [1.807, 2.05) is 23.1 Å². The van der Waals surface area contributed by atoms with E-state index in [-0.39, 0.29) is 5.91 Å². The zero-order valence-corrected chi connectivity index (χ0v) is 15.3. The first-order valence-corrected chi connectivity index (χ1v) is 9.27. The van der Waals surface area contributed by atoms with Gasteiger partial charge < -0.3 is 4.90 Å². The second kappa shape index (κ2) is 8.30. The summed E-state index contributed by atoms with van der Waals surface area (Å²) in [6, 6.07) is 13.2. The van der Waals surface area contributed by atoms with E-state index in [1.54, 1.807) is 35.6 Å². The predicted octanol–water partition coefficient (Wildman–Crippen LogP) is 3.63. The molecule has 1 aliphatic heterocycles. The van der Waals surface area contributed by atoms with Gasteiger partial charge in [0.25, 0.3) is 0 Å². The standard InChI is InChI=1S/C19H18ClN3OS/c20-18-7-6-17(25-18)14-22-9-11-23(12-10-22)19(24)8-5-15-1-3-16(13-21)4-2-15/h1-8H,9-12,14H2/b8-5+. The third kappa shape index (κ3) is 4.93. The number of nitrogens with zero attached hydrogens (tertiary/aromatic N) is 3. The third-order valence-electron chi connectivity index (χ3n) is 4.15. The number of carbonyl (C=O) groups is 1. The summed E-state index contributed by atoms with van der Waals surface area (Å²) in [6.07, 6.45) is 3.40. The Morgan fingerprint density at radius 3 is 2.48 bits per heavy atom. The molecule has 0 atom stereocenters. The van der Waals surface area contributed by atoms with E-state index in [2.05, 4.69) is 17.0 Å². The summed E-state index contributed by atoms with van der Waals surface area (Å²) in [5.74, 6) is 0.0307. The van der Waals surface area contributed by atoms with E-state index >= 15 is 0 Å². The van der Waals surface area contributed by atoms with Crippen molar-refractivity contribution in [3.8, 4) is 6.07 Å². The van der Waals surface area contributed by atoms with Crippen LogP contribution in [0.15, 0.2) is 42.5 Å². The lowest BCUT2D eigenvalue weighted by atomic mass is 10.1. The van der Waals surface area contributed by atoms with E-state index in [4.69, 9.17) is 16.9 Å². The summed E-state index contributed by atoms with van der Waals surface area (Å²) < 4.78 is 0.816. The fraction of sp³-hybridized carbons (Fsp3) is 0.263. The quantitative estimate of drug-likeness (QED) is 0.771. The van der Waals surface area contributed by atoms with Gasteiger partial charge >= 0.3 is 0 Å². The smallest absolute Gasteiger partial charge is 0.246 e. The van der Waals surface area contributed by atoms with Crippen molar-refractivity contribution in [2.45, 2.75) is 6.54 Å². The van der Waals surface area contributed by atoms with Gasteiger partial charge in [0.05, 0.1) is 16.0 Å². The average Bonchev–Trinajstić information content (AvgIpc) is 3.05. The molecule has 2 heterocycles. The number of thiophene rings is 1. The lowest BCUT2D eigenvalue weighted by Crippen LogP contribution is -2.47. The number of amides is 1. The molecule has 1 saturated heterocycles. The lowest BCUT2D eigenvalue weighted by Gasteiger charge is -2.33. The largest absolute Gasteiger partial charge is 0.337 e. The van der Waals surface area contributed by atoms with Crippen molar-refractivity contribution < 1.29 is 4.79 Å². The third-order valence-corrected chi connectivity index (χ3v) is 5.37. The molecule has 0 radical (unpaired) electrons. The van der Waals surface area contributed by atoms with Crippen molar-refractivity contribution >= 4 is 34.9 Å². The minimum Gasteiger partial charge on any atom is -0.337 e. The van der Waals surface area contributed by atoms with Crippen molar-refractivity contribution in [3.05, 3.63) is 62.8 Å². The molecule has 3 rings (SSSR count). The summed E-state index contributed by atoms with van der Waals surface area (Å²) in [5.41, 5.74) is 1.53. The number of hydrogen-bond acceptors (Lipinski definition) is 4. The number of benzene rings is 1. The van der Waals surface area contributed by atoms with Crippen LogP contribution in [0.4, 0.5) is 0 Å². The summed E-state index contributed by atoms with van der Waals surface area (Å²) >= 11 is 7.58. The molecule has 0 saturated carbocycles. The van der Waals surface area contributed by atoms with E-state index in [0.717, 1.165) is 42.6 Å². The number of hydrogen-bond donors (Lipinski definition) is 0. The van der Waals surface area contributed by atoms with Gasteiger partial charge in [-0.2, -0.15) is 5.26 Å². The Morgan fingerprint density at radius 2 is 1.88 bits per heavy atom. The molecule has 2 aromatic rings. The molecular weight excluding hydrogens is 354 g/mol. The molecule has 1 fully saturated rings. The molecule has 1 aromatic carbocycles. The van der Waals surface area contributed by atoms with Crippen LogP contribution in [0.3, 0.4) is 0 Å². The molecule has 1 aromatic heterocycles. The molecule has 1 amide bonds. The summed E-state index contributed by atoms with van der Waals surface area (Å²) in [5, 5.41) is 8.79. The summed E-state index contributed by atoms with van der Waals surface area (Å²) in [7, 11) is 0. The molecule has 1 aliphatic rings. The Hall–Kier alpha value is -2.13. The Bertz CT molecular complexity index is 799. The highest BCUT2D eigenvalue weighted by atomic mass is 35.5. The number of halogens is 1. The van der Waals surface area contributed by atoms with Crippen molar-refractivity contribution in [2.24, 2.45) is 0 Å². The number of nitriles is 1. The highest BCUT2D eigenvalue weighted by Gasteiger charge is 2.19. The van der Waals surface area contributed by atoms with E-state index < -0.39 is 0 Å². The molecule has 128 valence electrons. The van der Waals surface area contributed by atoms with E-state index in [9.17, 15) is 4.79 Å². The fourth-order valence-corrected chi connectivity index (χ4v) is 3.86. The second-order valence-corrected chi connectivity index (χ2v) is 7.67. The first-order chi connectivity index (χ1) is 12.1. The van der Waals surface area contributed by atoms with Crippen LogP contribution in [0, 0.1) is 11.3 Å². The van der Waals surface area contributed by atoms with Gasteiger partial charge in [0.2, 0.25) is 5.91 Å². The van der Waals surface area contributed by atoms with Gasteiger partial charge in [0.15, 0.2) is 0 Å². The minimum absolute atomic E-state index is 0.0307. The second-order valence-electron chi connectivity index (χ2n) is 5.87. The zero-order valence-electron chi connectivity index (χ0n) is 13.7. The van der Waals surface area contributed by atoms with Crippen molar-refractivity contribution in [1.82, 2.24) is 9.80 Å². The predicted molar refractivity (Wildman–Crippen MR) is 101 cm³/mol. The Kier molecular flexibility index (Phi) is 5.87. The van der Waals surface area contributed by atoms with Crippen LogP contribution in [0.25, 0.3) is 6.08 Å². The van der Waals surface area contributed by atoms with Crippen LogP contribution in [0.1, 0.15) is 16.0 Å². The molecule has 25 heavy (non-hydrogen) atoms. The van der Waals surface area contributed by atoms with Gasteiger partial charge in [-0.15, -0.1) is 11.3 Å². The van der Waals surface area contributed by atoms with Crippen LogP contribution in [-0.2, 0) is 11.3 Å². The van der Waals surface area contributed by atoms with Crippen LogP contribution in [-0.4, -0.2) is 41.9 Å². The van der Waals surface area contributed by atoms with Gasteiger partial charge in [0.1, 0.15) is 0 Å². The zero-order chi connectivity index (χ0) is 17.6. The van der Waals surface area contributed by atoms with Crippen LogP contribution in [0.5, 0.6) is 0 Å². The Labute approximate surface area is 156 Å². The van der Waals surface area contributed by atoms with Crippen molar-refractivity contribution in [2.75, 3.05) is 26.2 Å². The molecule has 0 spiro atoms. The van der Waals surface area contributed by atoms with Crippen molar-refractivity contribution in [3.63, 3.8) is 0 Å². The first-order valence-electron chi connectivity index (χ1n) is 8.08. The Morgan fingerprint density at radius 1 is 1.16 bits per heavy atom. The summed E-state index contributed by atoms with van der Waals surface area (Å²) in [4.78, 5) is 17.8. The van der Waals surface area contributed by atoms with E-state index in [1.165, 1.54) is 4.88 Å². The van der Waals surface area contributed by atoms with Crippen LogP contribution in [0.2, 0.25) is 4.34 Å². The highest BCUT2D eigenvalue weighted by molar-refractivity contribution is 7.16. The topological polar surface area (TPSA) is 47.3 Å². The van der Waals surface area contributed by atoms with Gasteiger partial charge in [-0.1, -0.05) is 23.7 Å². The Balaban J connectivity index is 1.49. The minimum atomic E-state index is 0.0307. The maximum Gasteiger partial charge on any atom is 0.246 e. The first kappa shape index (κ1) is 17.7. The highest BCUT2D eigenvalue weighted by Crippen LogP contribution is 2.23. The lowest BCUT2D eigenvalue weighted by molar-refractivity contribution is -0.127.